The van der Waals surface area contributed by atoms with Gasteiger partial charge in [0.15, 0.2) is 0 Å². The zero-order chi connectivity index (χ0) is 13.8. The van der Waals surface area contributed by atoms with Crippen molar-refractivity contribution in [1.82, 2.24) is 14.8 Å². The van der Waals surface area contributed by atoms with Gasteiger partial charge in [-0.1, -0.05) is 0 Å². The van der Waals surface area contributed by atoms with E-state index < -0.39 is 13.3 Å². The minimum Gasteiger partial charge on any atom is -0.303 e. The zero-order valence-electron chi connectivity index (χ0n) is 10.9. The molecule has 0 bridgehead atoms. The Morgan fingerprint density at radius 2 is 1.89 bits per heavy atom. The molecule has 0 aliphatic carbocycles. The maximum Gasteiger partial charge on any atom is 0.361 e. The van der Waals surface area contributed by atoms with Gasteiger partial charge in [-0.15, -0.1) is 0 Å². The number of H-pyrrole nitrogens is 1. The minimum atomic E-state index is -3.34. The molecule has 7 nitrogen and oxygen atoms in total. The molecule has 1 aromatic heterocycles. The van der Waals surface area contributed by atoms with Gasteiger partial charge in [0.05, 0.1) is 12.2 Å². The van der Waals surface area contributed by atoms with E-state index in [1.165, 1.54) is 23.0 Å². The number of aromatic nitrogens is 3. The van der Waals surface area contributed by atoms with Gasteiger partial charge in [0.25, 0.3) is 0 Å². The number of hydrogen-bond donors (Lipinski definition) is 1. The molecular weight excluding hydrogens is 257 g/mol. The van der Waals surface area contributed by atoms with Gasteiger partial charge >= 0.3 is 13.3 Å². The van der Waals surface area contributed by atoms with Gasteiger partial charge in [0.2, 0.25) is 0 Å². The maximum atomic E-state index is 12.4. The first-order chi connectivity index (χ1) is 8.31. The average molecular weight is 275 g/mol. The molecule has 0 saturated heterocycles. The summed E-state index contributed by atoms with van der Waals surface area (Å²) in [5, 5.41) is 2.39. The van der Waals surface area contributed by atoms with Crippen molar-refractivity contribution in [2.24, 2.45) is 0 Å². The van der Waals surface area contributed by atoms with Crippen molar-refractivity contribution in [2.45, 2.75) is 39.9 Å². The second-order valence-electron chi connectivity index (χ2n) is 4.22. The van der Waals surface area contributed by atoms with Crippen LogP contribution >= 0.6 is 7.60 Å². The first-order valence-corrected chi connectivity index (χ1v) is 7.21. The minimum absolute atomic E-state index is 0.235. The molecule has 0 saturated carbocycles. The second kappa shape index (κ2) is 6.13. The molecule has 1 aromatic rings. The number of rotatable bonds is 6. The highest BCUT2D eigenvalue weighted by atomic mass is 31.2. The SMILES string of the molecule is CC(C)OP(=O)(/C=C/n1cnc(=O)[nH]1)OC(C)C. The van der Waals surface area contributed by atoms with E-state index in [4.69, 9.17) is 9.05 Å². The molecule has 0 radical (unpaired) electrons. The average Bonchev–Trinajstić information content (AvgIpc) is 2.59. The third kappa shape index (κ3) is 5.00. The Hall–Kier alpha value is -1.17. The first kappa shape index (κ1) is 14.9. The van der Waals surface area contributed by atoms with Crippen LogP contribution < -0.4 is 5.69 Å². The van der Waals surface area contributed by atoms with Crippen LogP contribution in [-0.2, 0) is 13.6 Å². The highest BCUT2D eigenvalue weighted by molar-refractivity contribution is 7.57. The normalized spacial score (nSPS) is 13.0. The Bertz CT molecular complexity index is 489. The largest absolute Gasteiger partial charge is 0.361 e. The standard InChI is InChI=1S/C10H18N3O4P/c1-8(2)16-18(15,17-9(3)4)6-5-13-7-11-10(14)12-13/h5-9H,1-4H3,(H,12,14)/b6-5+. The molecule has 102 valence electrons. The third-order valence-electron chi connectivity index (χ3n) is 1.65. The lowest BCUT2D eigenvalue weighted by Crippen LogP contribution is -2.07. The van der Waals surface area contributed by atoms with Crippen LogP contribution in [0.4, 0.5) is 0 Å². The van der Waals surface area contributed by atoms with Crippen molar-refractivity contribution in [3.63, 3.8) is 0 Å². The predicted molar refractivity (Wildman–Crippen MR) is 68.2 cm³/mol. The van der Waals surface area contributed by atoms with Gasteiger partial charge in [-0.05, 0) is 27.7 Å². The highest BCUT2D eigenvalue weighted by Gasteiger charge is 2.24. The molecule has 0 spiro atoms. The second-order valence-corrected chi connectivity index (χ2v) is 6.01. The van der Waals surface area contributed by atoms with E-state index in [0.717, 1.165) is 0 Å². The van der Waals surface area contributed by atoms with E-state index >= 15 is 0 Å². The molecule has 0 aromatic carbocycles. The fourth-order valence-electron chi connectivity index (χ4n) is 1.19. The quantitative estimate of drug-likeness (QED) is 0.803. The van der Waals surface area contributed by atoms with E-state index in [9.17, 15) is 9.36 Å². The van der Waals surface area contributed by atoms with Crippen molar-refractivity contribution in [3.8, 4) is 0 Å². The fraction of sp³-hybridized carbons (Fsp3) is 0.600. The van der Waals surface area contributed by atoms with Gasteiger partial charge in [-0.2, -0.15) is 4.98 Å². The molecule has 0 unspecified atom stereocenters. The van der Waals surface area contributed by atoms with Crippen LogP contribution in [0.25, 0.3) is 6.20 Å². The Kier molecular flexibility index (Phi) is 5.07. The lowest BCUT2D eigenvalue weighted by molar-refractivity contribution is 0.149. The van der Waals surface area contributed by atoms with Gasteiger partial charge in [-0.25, -0.2) is 14.6 Å². The van der Waals surface area contributed by atoms with E-state index in [-0.39, 0.29) is 12.2 Å². The summed E-state index contributed by atoms with van der Waals surface area (Å²) < 4.78 is 24.2. The first-order valence-electron chi connectivity index (χ1n) is 5.60. The number of hydrogen-bond acceptors (Lipinski definition) is 5. The van der Waals surface area contributed by atoms with Crippen molar-refractivity contribution < 1.29 is 13.6 Å². The van der Waals surface area contributed by atoms with E-state index in [0.29, 0.717) is 0 Å². The summed E-state index contributed by atoms with van der Waals surface area (Å²) in [6, 6.07) is 0. The molecule has 1 N–H and O–H groups in total. The van der Waals surface area contributed by atoms with Crippen LogP contribution in [0.2, 0.25) is 0 Å². The summed E-state index contributed by atoms with van der Waals surface area (Å²) in [5.41, 5.74) is -0.482. The van der Waals surface area contributed by atoms with Crippen LogP contribution in [0.1, 0.15) is 27.7 Å². The monoisotopic (exact) mass is 275 g/mol. The Morgan fingerprint density at radius 1 is 1.33 bits per heavy atom. The predicted octanol–water partition coefficient (Wildman–Crippen LogP) is 2.04. The van der Waals surface area contributed by atoms with Crippen LogP contribution in [0, 0.1) is 0 Å². The number of aromatic amines is 1. The van der Waals surface area contributed by atoms with Gasteiger partial charge in [0.1, 0.15) is 6.33 Å². The number of nitrogens with one attached hydrogen (secondary N) is 1. The molecular formula is C10H18N3O4P. The topological polar surface area (TPSA) is 86.2 Å². The van der Waals surface area contributed by atoms with Gasteiger partial charge < -0.3 is 9.05 Å². The van der Waals surface area contributed by atoms with Crippen LogP contribution in [0.5, 0.6) is 0 Å². The Morgan fingerprint density at radius 3 is 2.28 bits per heavy atom. The van der Waals surface area contributed by atoms with Gasteiger partial charge in [0, 0.05) is 12.0 Å². The molecule has 0 amide bonds. The molecule has 8 heteroatoms. The lowest BCUT2D eigenvalue weighted by Gasteiger charge is -2.19. The van der Waals surface area contributed by atoms with E-state index in [1.807, 2.05) is 0 Å². The van der Waals surface area contributed by atoms with Crippen LogP contribution in [-0.4, -0.2) is 27.0 Å². The molecule has 0 aliphatic heterocycles. The summed E-state index contributed by atoms with van der Waals surface area (Å²) in [6.07, 6.45) is 2.19. The van der Waals surface area contributed by atoms with Crippen molar-refractivity contribution in [3.05, 3.63) is 22.6 Å². The highest BCUT2D eigenvalue weighted by Crippen LogP contribution is 2.52. The Balaban J connectivity index is 2.87. The van der Waals surface area contributed by atoms with Crippen molar-refractivity contribution in [1.29, 1.82) is 0 Å². The van der Waals surface area contributed by atoms with Crippen molar-refractivity contribution in [2.75, 3.05) is 0 Å². The summed E-state index contributed by atoms with van der Waals surface area (Å²) in [5.74, 6) is 1.30. The van der Waals surface area contributed by atoms with E-state index in [2.05, 4.69) is 10.1 Å². The maximum absolute atomic E-state index is 12.4. The molecule has 18 heavy (non-hydrogen) atoms. The summed E-state index contributed by atoms with van der Waals surface area (Å²) in [4.78, 5) is 14.3. The lowest BCUT2D eigenvalue weighted by atomic mass is 10.5. The summed E-state index contributed by atoms with van der Waals surface area (Å²) in [7, 11) is -3.34. The molecule has 0 aliphatic rings. The molecule has 1 heterocycles. The van der Waals surface area contributed by atoms with Crippen LogP contribution in [0.3, 0.4) is 0 Å². The third-order valence-corrected chi connectivity index (χ3v) is 3.58. The fourth-order valence-corrected chi connectivity index (χ4v) is 2.87. The molecule has 1 rings (SSSR count). The van der Waals surface area contributed by atoms with Crippen molar-refractivity contribution >= 4 is 13.8 Å². The summed E-state index contributed by atoms with van der Waals surface area (Å²) >= 11 is 0. The Labute approximate surface area is 105 Å². The smallest absolute Gasteiger partial charge is 0.303 e. The molecule has 0 atom stereocenters. The van der Waals surface area contributed by atoms with Gasteiger partial charge in [-0.3, -0.25) is 4.57 Å². The van der Waals surface area contributed by atoms with Crippen LogP contribution in [0.15, 0.2) is 16.9 Å². The van der Waals surface area contributed by atoms with E-state index in [1.54, 1.807) is 27.7 Å². The summed E-state index contributed by atoms with van der Waals surface area (Å²) in [6.45, 7) is 7.07. The zero-order valence-corrected chi connectivity index (χ0v) is 11.8. The molecule has 0 fully saturated rings. The number of nitrogens with zero attached hydrogens (tertiary/aromatic N) is 2.